The minimum absolute atomic E-state index is 0.779. The van der Waals surface area contributed by atoms with Crippen LogP contribution >= 0.6 is 0 Å². The van der Waals surface area contributed by atoms with Gasteiger partial charge >= 0.3 is 0 Å². The molecule has 0 saturated heterocycles. The largest absolute Gasteiger partial charge is 0.359 e. The molecule has 0 aliphatic carbocycles. The summed E-state index contributed by atoms with van der Waals surface area (Å²) in [4.78, 5) is 6.22. The van der Waals surface area contributed by atoms with Gasteiger partial charge in [-0.1, -0.05) is 0 Å². The number of rotatable bonds is 1. The molecule has 0 aromatic rings. The molecule has 0 N–H and O–H groups in total. The quantitative estimate of drug-likeness (QED) is 0.509. The van der Waals surface area contributed by atoms with E-state index in [0.717, 1.165) is 18.8 Å². The Morgan fingerprint density at radius 1 is 1.89 bits per heavy atom. The zero-order valence-electron chi connectivity index (χ0n) is 5.67. The van der Waals surface area contributed by atoms with Gasteiger partial charge in [-0.15, -0.1) is 0 Å². The number of amidine groups is 1. The minimum Gasteiger partial charge on any atom is -0.359 e. The van der Waals surface area contributed by atoms with Crippen molar-refractivity contribution in [3.63, 3.8) is 0 Å². The topological polar surface area (TPSA) is 15.6 Å². The molecule has 1 radical (unpaired) electrons. The molecule has 0 fully saturated rings. The van der Waals surface area contributed by atoms with Crippen LogP contribution in [0.25, 0.3) is 0 Å². The van der Waals surface area contributed by atoms with Crippen molar-refractivity contribution in [2.75, 3.05) is 13.6 Å². The Morgan fingerprint density at radius 2 is 2.67 bits per heavy atom. The van der Waals surface area contributed by atoms with Gasteiger partial charge in [0.2, 0.25) is 0 Å². The molecule has 49 valence electrons. The van der Waals surface area contributed by atoms with Gasteiger partial charge in [0.05, 0.1) is 0 Å². The second-order valence-corrected chi connectivity index (χ2v) is 2.06. The van der Waals surface area contributed by atoms with Crippen molar-refractivity contribution in [1.29, 1.82) is 0 Å². The van der Waals surface area contributed by atoms with E-state index in [1.807, 2.05) is 19.3 Å². The molecule has 0 atom stereocenters. The van der Waals surface area contributed by atoms with Crippen LogP contribution in [-0.2, 0) is 0 Å². The lowest BCUT2D eigenvalue weighted by Crippen LogP contribution is -2.27. The highest BCUT2D eigenvalue weighted by molar-refractivity contribution is 5.83. The van der Waals surface area contributed by atoms with E-state index in [0.29, 0.717) is 0 Å². The number of hydrogen-bond donors (Lipinski definition) is 0. The average Bonchev–Trinajstić information content (AvgIpc) is 1.89. The highest BCUT2D eigenvalue weighted by atomic mass is 15.2. The number of likely N-dealkylation sites (N-methyl/N-ethyl adjacent to an activating group) is 1. The van der Waals surface area contributed by atoms with E-state index < -0.39 is 0 Å². The molecule has 0 bridgehead atoms. The van der Waals surface area contributed by atoms with Gasteiger partial charge in [-0.05, 0) is 13.0 Å². The van der Waals surface area contributed by atoms with Crippen LogP contribution in [0.1, 0.15) is 6.42 Å². The maximum atomic E-state index is 4.13. The zero-order valence-corrected chi connectivity index (χ0v) is 5.67. The lowest BCUT2D eigenvalue weighted by Gasteiger charge is -2.20. The zero-order chi connectivity index (χ0) is 6.69. The van der Waals surface area contributed by atoms with Gasteiger partial charge in [0, 0.05) is 26.2 Å². The summed E-state index contributed by atoms with van der Waals surface area (Å²) in [6.45, 7) is 4.72. The van der Waals surface area contributed by atoms with Gasteiger partial charge in [0.25, 0.3) is 0 Å². The van der Waals surface area contributed by atoms with Gasteiger partial charge < -0.3 is 4.90 Å². The molecular formula is C7H11N2. The predicted octanol–water partition coefficient (Wildman–Crippen LogP) is 1.07. The van der Waals surface area contributed by atoms with Crippen LogP contribution in [0, 0.1) is 6.92 Å². The molecule has 1 heterocycles. The SMILES string of the molecule is [CH2]CC1=NC=CCN1C. The first-order valence-corrected chi connectivity index (χ1v) is 3.06. The number of nitrogens with zero attached hydrogens (tertiary/aromatic N) is 2. The molecule has 0 amide bonds. The Labute approximate surface area is 55.9 Å². The van der Waals surface area contributed by atoms with E-state index in [1.165, 1.54) is 0 Å². The van der Waals surface area contributed by atoms with Crippen molar-refractivity contribution in [3.8, 4) is 0 Å². The highest BCUT2D eigenvalue weighted by Crippen LogP contribution is 1.98. The Hall–Kier alpha value is -0.790. The minimum atomic E-state index is 0.779. The normalized spacial score (nSPS) is 18.0. The van der Waals surface area contributed by atoms with Crippen LogP contribution in [0.5, 0.6) is 0 Å². The molecule has 1 aliphatic heterocycles. The van der Waals surface area contributed by atoms with E-state index in [9.17, 15) is 0 Å². The third-order valence-electron chi connectivity index (χ3n) is 1.37. The molecule has 2 heteroatoms. The maximum absolute atomic E-state index is 4.13. The lowest BCUT2D eigenvalue weighted by atomic mass is 10.3. The fourth-order valence-electron chi connectivity index (χ4n) is 0.803. The van der Waals surface area contributed by atoms with E-state index in [-0.39, 0.29) is 0 Å². The van der Waals surface area contributed by atoms with Gasteiger partial charge in [-0.2, -0.15) is 0 Å². The van der Waals surface area contributed by atoms with Crippen molar-refractivity contribution in [1.82, 2.24) is 4.90 Å². The molecule has 9 heavy (non-hydrogen) atoms. The van der Waals surface area contributed by atoms with Crippen LogP contribution < -0.4 is 0 Å². The first-order chi connectivity index (χ1) is 4.34. The molecule has 1 rings (SSSR count). The van der Waals surface area contributed by atoms with Gasteiger partial charge in [-0.25, -0.2) is 4.99 Å². The Morgan fingerprint density at radius 3 is 3.11 bits per heavy atom. The van der Waals surface area contributed by atoms with Crippen LogP contribution in [0.2, 0.25) is 0 Å². The number of aliphatic imine (C=N–C) groups is 1. The molecule has 1 aliphatic rings. The smallest absolute Gasteiger partial charge is 0.104 e. The second kappa shape index (κ2) is 2.67. The summed E-state index contributed by atoms with van der Waals surface area (Å²) in [5.41, 5.74) is 0. The van der Waals surface area contributed by atoms with Gasteiger partial charge in [0.15, 0.2) is 0 Å². The van der Waals surface area contributed by atoms with E-state index in [1.54, 1.807) is 0 Å². The summed E-state index contributed by atoms with van der Waals surface area (Å²) < 4.78 is 0. The molecular weight excluding hydrogens is 112 g/mol. The molecule has 0 aromatic carbocycles. The van der Waals surface area contributed by atoms with E-state index >= 15 is 0 Å². The Kier molecular flexibility index (Phi) is 1.88. The van der Waals surface area contributed by atoms with E-state index in [2.05, 4.69) is 16.8 Å². The summed E-state index contributed by atoms with van der Waals surface area (Å²) in [6.07, 6.45) is 4.64. The van der Waals surface area contributed by atoms with Crippen LogP contribution in [0.4, 0.5) is 0 Å². The molecule has 0 spiro atoms. The first-order valence-electron chi connectivity index (χ1n) is 3.06. The standard InChI is InChI=1S/C7H11N2/c1-3-7-8-5-4-6-9(7)2/h4-5H,1,3,6H2,2H3. The first kappa shape index (κ1) is 6.33. The highest BCUT2D eigenvalue weighted by Gasteiger charge is 2.02. The van der Waals surface area contributed by atoms with Gasteiger partial charge in [-0.3, -0.25) is 0 Å². The summed E-state index contributed by atoms with van der Waals surface area (Å²) in [6, 6.07) is 0. The molecule has 0 unspecified atom stereocenters. The summed E-state index contributed by atoms with van der Waals surface area (Å²) in [5, 5.41) is 0. The number of hydrogen-bond acceptors (Lipinski definition) is 2. The third-order valence-corrected chi connectivity index (χ3v) is 1.37. The average molecular weight is 123 g/mol. The van der Waals surface area contributed by atoms with Crippen LogP contribution in [0.15, 0.2) is 17.3 Å². The Bertz CT molecular complexity index is 147. The van der Waals surface area contributed by atoms with Crippen molar-refractivity contribution in [2.24, 2.45) is 4.99 Å². The predicted molar refractivity (Wildman–Crippen MR) is 39.2 cm³/mol. The monoisotopic (exact) mass is 123 g/mol. The fourth-order valence-corrected chi connectivity index (χ4v) is 0.803. The van der Waals surface area contributed by atoms with Crippen molar-refractivity contribution >= 4 is 5.84 Å². The lowest BCUT2D eigenvalue weighted by molar-refractivity contribution is 0.547. The van der Waals surface area contributed by atoms with Crippen molar-refractivity contribution < 1.29 is 0 Å². The van der Waals surface area contributed by atoms with Crippen molar-refractivity contribution in [2.45, 2.75) is 6.42 Å². The second-order valence-electron chi connectivity index (χ2n) is 2.06. The van der Waals surface area contributed by atoms with Crippen molar-refractivity contribution in [3.05, 3.63) is 19.2 Å². The van der Waals surface area contributed by atoms with Crippen LogP contribution in [0.3, 0.4) is 0 Å². The Balaban J connectivity index is 2.63. The van der Waals surface area contributed by atoms with Crippen LogP contribution in [-0.4, -0.2) is 24.3 Å². The van der Waals surface area contributed by atoms with E-state index in [4.69, 9.17) is 0 Å². The summed E-state index contributed by atoms with van der Waals surface area (Å²) >= 11 is 0. The molecule has 2 nitrogen and oxygen atoms in total. The summed E-state index contributed by atoms with van der Waals surface area (Å²) in [5.74, 6) is 1.07. The third kappa shape index (κ3) is 1.31. The molecule has 0 aromatic heterocycles. The molecule has 0 saturated carbocycles. The summed E-state index contributed by atoms with van der Waals surface area (Å²) in [7, 11) is 2.02. The maximum Gasteiger partial charge on any atom is 0.104 e. The van der Waals surface area contributed by atoms with Gasteiger partial charge in [0.1, 0.15) is 5.84 Å². The fraction of sp³-hybridized carbons (Fsp3) is 0.429.